The van der Waals surface area contributed by atoms with E-state index in [1.165, 1.54) is 10.7 Å². The molecule has 0 radical (unpaired) electrons. The van der Waals surface area contributed by atoms with Gasteiger partial charge in [0.25, 0.3) is 5.56 Å². The fraction of sp³-hybridized carbons (Fsp3) is 0.312. The summed E-state index contributed by atoms with van der Waals surface area (Å²) in [5, 5.41) is 13.4. The van der Waals surface area contributed by atoms with Crippen LogP contribution in [0.25, 0.3) is 0 Å². The average Bonchev–Trinajstić information content (AvgIpc) is 3.00. The largest absolute Gasteiger partial charge is 0.480 e. The smallest absolute Gasteiger partial charge is 0.326 e. The third-order valence-electron chi connectivity index (χ3n) is 3.90. The number of carboxylic acids is 1. The number of carbonyl (C=O) groups is 1. The lowest BCUT2D eigenvalue weighted by Gasteiger charge is -2.23. The molecule has 6 heteroatoms. The first-order valence-electron chi connectivity index (χ1n) is 7.26. The maximum Gasteiger partial charge on any atom is 0.326 e. The van der Waals surface area contributed by atoms with Gasteiger partial charge in [0.15, 0.2) is 0 Å². The van der Waals surface area contributed by atoms with E-state index >= 15 is 0 Å². The molecule has 1 N–H and O–H groups in total. The first-order chi connectivity index (χ1) is 10.6. The minimum Gasteiger partial charge on any atom is -0.480 e. The van der Waals surface area contributed by atoms with Crippen LogP contribution >= 0.6 is 0 Å². The summed E-state index contributed by atoms with van der Waals surface area (Å²) in [4.78, 5) is 25.2. The fourth-order valence-corrected chi connectivity index (χ4v) is 2.79. The van der Waals surface area contributed by atoms with Crippen molar-refractivity contribution < 1.29 is 9.90 Å². The number of benzene rings is 1. The van der Waals surface area contributed by atoms with Crippen LogP contribution in [-0.4, -0.2) is 33.4 Å². The van der Waals surface area contributed by atoms with Crippen molar-refractivity contribution in [2.24, 2.45) is 0 Å². The lowest BCUT2D eigenvalue weighted by atomic mass is 10.2. The highest BCUT2D eigenvalue weighted by Crippen LogP contribution is 2.23. The summed E-state index contributed by atoms with van der Waals surface area (Å²) in [5.74, 6) is -0.856. The van der Waals surface area contributed by atoms with Crippen LogP contribution in [0.15, 0.2) is 47.4 Å². The summed E-state index contributed by atoms with van der Waals surface area (Å²) in [6.07, 6.45) is 2.98. The lowest BCUT2D eigenvalue weighted by Crippen LogP contribution is -2.37. The SMILES string of the molecule is O=C(O)[C@@H]1CCCN1c1cnn(Cc2ccccc2)c(=O)c1. The van der Waals surface area contributed by atoms with Crippen molar-refractivity contribution in [1.82, 2.24) is 9.78 Å². The van der Waals surface area contributed by atoms with Crippen molar-refractivity contribution in [3.05, 3.63) is 58.5 Å². The summed E-state index contributed by atoms with van der Waals surface area (Å²) in [6.45, 7) is 1.04. The molecule has 0 bridgehead atoms. The highest BCUT2D eigenvalue weighted by molar-refractivity contribution is 5.78. The summed E-state index contributed by atoms with van der Waals surface area (Å²) in [7, 11) is 0. The van der Waals surface area contributed by atoms with E-state index in [9.17, 15) is 14.7 Å². The van der Waals surface area contributed by atoms with Crippen molar-refractivity contribution in [2.75, 3.05) is 11.4 Å². The van der Waals surface area contributed by atoms with Gasteiger partial charge in [0.05, 0.1) is 18.4 Å². The molecule has 1 saturated heterocycles. The van der Waals surface area contributed by atoms with Crippen molar-refractivity contribution in [2.45, 2.75) is 25.4 Å². The predicted molar refractivity (Wildman–Crippen MR) is 82.0 cm³/mol. The van der Waals surface area contributed by atoms with Gasteiger partial charge < -0.3 is 10.0 Å². The molecular weight excluding hydrogens is 282 g/mol. The van der Waals surface area contributed by atoms with Crippen LogP contribution in [0.2, 0.25) is 0 Å². The van der Waals surface area contributed by atoms with Gasteiger partial charge in [-0.2, -0.15) is 5.10 Å². The van der Waals surface area contributed by atoms with Crippen molar-refractivity contribution in [1.29, 1.82) is 0 Å². The summed E-state index contributed by atoms with van der Waals surface area (Å²) >= 11 is 0. The molecule has 1 aliphatic heterocycles. The number of carboxylic acid groups (broad SMARTS) is 1. The zero-order valence-electron chi connectivity index (χ0n) is 12.1. The van der Waals surface area contributed by atoms with Gasteiger partial charge in [-0.25, -0.2) is 9.48 Å². The lowest BCUT2D eigenvalue weighted by molar-refractivity contribution is -0.138. The number of anilines is 1. The molecule has 3 rings (SSSR count). The number of hydrogen-bond donors (Lipinski definition) is 1. The first kappa shape index (κ1) is 14.3. The summed E-state index contributed by atoms with van der Waals surface area (Å²) < 4.78 is 1.38. The fourth-order valence-electron chi connectivity index (χ4n) is 2.79. The maximum atomic E-state index is 12.2. The van der Waals surface area contributed by atoms with Crippen LogP contribution in [0.1, 0.15) is 18.4 Å². The van der Waals surface area contributed by atoms with E-state index in [0.29, 0.717) is 25.2 Å². The molecule has 0 unspecified atom stereocenters. The predicted octanol–water partition coefficient (Wildman–Crippen LogP) is 1.34. The highest BCUT2D eigenvalue weighted by atomic mass is 16.4. The van der Waals surface area contributed by atoms with Gasteiger partial charge in [0.2, 0.25) is 0 Å². The van der Waals surface area contributed by atoms with Gasteiger partial charge in [-0.05, 0) is 18.4 Å². The molecular formula is C16H17N3O3. The normalized spacial score (nSPS) is 17.6. The van der Waals surface area contributed by atoms with Crippen molar-refractivity contribution in [3.8, 4) is 0 Å². The van der Waals surface area contributed by atoms with E-state index < -0.39 is 12.0 Å². The Kier molecular flexibility index (Phi) is 3.91. The minimum atomic E-state index is -0.856. The Bertz CT molecular complexity index is 727. The van der Waals surface area contributed by atoms with E-state index in [2.05, 4.69) is 5.10 Å². The Morgan fingerprint density at radius 1 is 1.32 bits per heavy atom. The molecule has 22 heavy (non-hydrogen) atoms. The Morgan fingerprint density at radius 3 is 2.77 bits per heavy atom. The average molecular weight is 299 g/mol. The van der Waals surface area contributed by atoms with Gasteiger partial charge in [-0.3, -0.25) is 4.79 Å². The molecule has 0 aliphatic carbocycles. The molecule has 0 saturated carbocycles. The van der Waals surface area contributed by atoms with Crippen LogP contribution in [0.3, 0.4) is 0 Å². The Morgan fingerprint density at radius 2 is 2.09 bits per heavy atom. The van der Waals surface area contributed by atoms with Crippen molar-refractivity contribution in [3.63, 3.8) is 0 Å². The molecule has 1 aromatic carbocycles. The molecule has 2 aromatic rings. The second-order valence-corrected chi connectivity index (χ2v) is 5.38. The van der Waals surface area contributed by atoms with E-state index in [4.69, 9.17) is 0 Å². The molecule has 0 amide bonds. The van der Waals surface area contributed by atoms with Gasteiger partial charge in [0.1, 0.15) is 6.04 Å². The molecule has 6 nitrogen and oxygen atoms in total. The van der Waals surface area contributed by atoms with E-state index in [1.54, 1.807) is 11.1 Å². The molecule has 0 spiro atoms. The number of aliphatic carboxylic acids is 1. The molecule has 1 fully saturated rings. The highest BCUT2D eigenvalue weighted by Gasteiger charge is 2.31. The Labute approximate surface area is 127 Å². The monoisotopic (exact) mass is 299 g/mol. The van der Waals surface area contributed by atoms with Gasteiger partial charge in [-0.15, -0.1) is 0 Å². The number of aromatic nitrogens is 2. The standard InChI is InChI=1S/C16H17N3O3/c20-15-9-13(18-8-4-7-14(18)16(21)22)10-17-19(15)11-12-5-2-1-3-6-12/h1-3,5-6,9-10,14H,4,7-8,11H2,(H,21,22)/t14-/m0/s1. The molecule has 2 heterocycles. The number of hydrogen-bond acceptors (Lipinski definition) is 4. The summed E-state index contributed by atoms with van der Waals surface area (Å²) in [5.41, 5.74) is 1.35. The Hall–Kier alpha value is -2.63. The number of rotatable bonds is 4. The maximum absolute atomic E-state index is 12.2. The summed E-state index contributed by atoms with van der Waals surface area (Å²) in [6, 6.07) is 10.5. The Balaban J connectivity index is 1.83. The van der Waals surface area contributed by atoms with Crippen LogP contribution in [0.5, 0.6) is 0 Å². The van der Waals surface area contributed by atoms with Crippen LogP contribution < -0.4 is 10.5 Å². The van der Waals surface area contributed by atoms with Gasteiger partial charge >= 0.3 is 5.97 Å². The second kappa shape index (κ2) is 6.01. The van der Waals surface area contributed by atoms with Gasteiger partial charge in [0, 0.05) is 12.6 Å². The molecule has 114 valence electrons. The minimum absolute atomic E-state index is 0.225. The van der Waals surface area contributed by atoms with E-state index in [0.717, 1.165) is 12.0 Å². The van der Waals surface area contributed by atoms with Gasteiger partial charge in [-0.1, -0.05) is 30.3 Å². The first-order valence-corrected chi connectivity index (χ1v) is 7.26. The van der Waals surface area contributed by atoms with Crippen LogP contribution in [0, 0.1) is 0 Å². The third kappa shape index (κ3) is 2.86. The second-order valence-electron chi connectivity index (χ2n) is 5.38. The molecule has 1 aliphatic rings. The van der Waals surface area contributed by atoms with E-state index in [1.807, 2.05) is 30.3 Å². The van der Waals surface area contributed by atoms with Crippen molar-refractivity contribution >= 4 is 11.7 Å². The molecule has 1 atom stereocenters. The van der Waals surface area contributed by atoms with E-state index in [-0.39, 0.29) is 5.56 Å². The van der Waals surface area contributed by atoms with Crippen LogP contribution in [0.4, 0.5) is 5.69 Å². The topological polar surface area (TPSA) is 75.4 Å². The molecule has 1 aromatic heterocycles. The zero-order chi connectivity index (χ0) is 15.5. The quantitative estimate of drug-likeness (QED) is 0.922. The number of nitrogens with zero attached hydrogens (tertiary/aromatic N) is 3. The van der Waals surface area contributed by atoms with Crippen LogP contribution in [-0.2, 0) is 11.3 Å². The third-order valence-corrected chi connectivity index (χ3v) is 3.90. The zero-order valence-corrected chi connectivity index (χ0v) is 12.1.